The van der Waals surface area contributed by atoms with Gasteiger partial charge in [-0.05, 0) is 83.0 Å². The first-order valence-corrected chi connectivity index (χ1v) is 22.5. The minimum Gasteiger partial charge on any atom is -0.464 e. The predicted molar refractivity (Wildman–Crippen MR) is 229 cm³/mol. The summed E-state index contributed by atoms with van der Waals surface area (Å²) in [6.45, 7) is 8.48. The van der Waals surface area contributed by atoms with E-state index in [0.717, 1.165) is 77.0 Å². The zero-order chi connectivity index (χ0) is 40.0. The van der Waals surface area contributed by atoms with Crippen LogP contribution in [0, 0.1) is 5.92 Å². The highest BCUT2D eigenvalue weighted by Crippen LogP contribution is 2.16. The summed E-state index contributed by atoms with van der Waals surface area (Å²) in [5.41, 5.74) is 0. The van der Waals surface area contributed by atoms with Gasteiger partial charge in [-0.3, -0.25) is 19.3 Å². The van der Waals surface area contributed by atoms with E-state index in [-0.39, 0.29) is 56.6 Å². The molecule has 0 unspecified atom stereocenters. The van der Waals surface area contributed by atoms with Crippen LogP contribution in [-0.4, -0.2) is 84.8 Å². The van der Waals surface area contributed by atoms with Crippen molar-refractivity contribution < 1.29 is 29.0 Å². The van der Waals surface area contributed by atoms with E-state index in [0.29, 0.717) is 25.9 Å². The number of amides is 1. The van der Waals surface area contributed by atoms with Crippen molar-refractivity contribution in [3.63, 3.8) is 0 Å². The zero-order valence-electron chi connectivity index (χ0n) is 35.6. The summed E-state index contributed by atoms with van der Waals surface area (Å²) in [6.07, 6.45) is 43.4. The van der Waals surface area contributed by atoms with Crippen molar-refractivity contribution in [2.45, 2.75) is 181 Å². The Morgan fingerprint density at radius 2 is 0.982 bits per heavy atom. The molecule has 1 amide bonds. The third-order valence-electron chi connectivity index (χ3n) is 10.3. The molecule has 0 aromatic carbocycles. The Morgan fingerprint density at radius 1 is 0.582 bits per heavy atom. The first-order chi connectivity index (χ1) is 26.9. The summed E-state index contributed by atoms with van der Waals surface area (Å²) in [4.78, 5) is 41.6. The molecule has 1 fully saturated rings. The molecule has 1 aliphatic rings. The van der Waals surface area contributed by atoms with Crippen LogP contribution in [-0.2, 0) is 23.9 Å². The summed E-state index contributed by atoms with van der Waals surface area (Å²) in [7, 11) is 0. The van der Waals surface area contributed by atoms with Crippen molar-refractivity contribution >= 4 is 17.8 Å². The molecule has 8 heteroatoms. The maximum atomic E-state index is 13.2. The lowest BCUT2D eigenvalue weighted by Crippen LogP contribution is -2.43. The first kappa shape index (κ1) is 50.3. The van der Waals surface area contributed by atoms with Crippen molar-refractivity contribution in [3.05, 3.63) is 48.6 Å². The number of β-amino-alcohol motifs (C(OH)–C–C–N with tert-alkyl or cyclic N) is 1. The molecule has 0 aromatic rings. The highest BCUT2D eigenvalue weighted by Gasteiger charge is 2.30. The maximum Gasteiger partial charge on any atom is 0.305 e. The summed E-state index contributed by atoms with van der Waals surface area (Å²) in [6, 6.07) is 0. The zero-order valence-corrected chi connectivity index (χ0v) is 35.6. The number of likely N-dealkylation sites (tertiary alicyclic amines) is 1. The van der Waals surface area contributed by atoms with E-state index in [1.165, 1.54) is 64.2 Å². The fourth-order valence-corrected chi connectivity index (χ4v) is 6.67. The second-order valence-electron chi connectivity index (χ2n) is 15.5. The van der Waals surface area contributed by atoms with Gasteiger partial charge in [0.1, 0.15) is 13.2 Å². The molecular formula is C47H82N2O6. The van der Waals surface area contributed by atoms with Crippen LogP contribution in [0.25, 0.3) is 0 Å². The van der Waals surface area contributed by atoms with E-state index >= 15 is 0 Å². The molecule has 0 aromatic heterocycles. The van der Waals surface area contributed by atoms with Gasteiger partial charge in [-0.1, -0.05) is 134 Å². The van der Waals surface area contributed by atoms with Crippen molar-refractivity contribution in [1.82, 2.24) is 9.80 Å². The molecule has 2 atom stereocenters. The molecule has 0 bridgehead atoms. The minimum absolute atomic E-state index is 0.115. The Balaban J connectivity index is 2.23. The number of unbranched alkanes of at least 4 members (excludes halogenated alkanes) is 16. The van der Waals surface area contributed by atoms with Crippen molar-refractivity contribution in [1.29, 1.82) is 0 Å². The second-order valence-corrected chi connectivity index (χ2v) is 15.5. The molecule has 1 N–H and O–H groups in total. The molecule has 8 nitrogen and oxygen atoms in total. The van der Waals surface area contributed by atoms with E-state index in [1.54, 1.807) is 4.90 Å². The van der Waals surface area contributed by atoms with Crippen molar-refractivity contribution in [2.75, 3.05) is 45.9 Å². The molecule has 1 aliphatic heterocycles. The molecule has 0 aliphatic carbocycles. The third kappa shape index (κ3) is 31.1. The van der Waals surface area contributed by atoms with Gasteiger partial charge in [-0.2, -0.15) is 0 Å². The molecule has 0 saturated carbocycles. The van der Waals surface area contributed by atoms with Crippen LogP contribution < -0.4 is 0 Å². The van der Waals surface area contributed by atoms with Crippen LogP contribution >= 0.6 is 0 Å². The van der Waals surface area contributed by atoms with E-state index in [4.69, 9.17) is 9.47 Å². The van der Waals surface area contributed by atoms with Crippen LogP contribution in [0.1, 0.15) is 175 Å². The SMILES string of the molecule is CCCCC/C=C\C/C=C\CCCCCCCC(=O)OCCN(CCOC(=O)CCCCCCC/C=C\C/C=C\CCCCC)C(=O)CN1C[C@@H](C)[C@H](O)C1. The van der Waals surface area contributed by atoms with Crippen LogP contribution in [0.4, 0.5) is 0 Å². The van der Waals surface area contributed by atoms with Gasteiger partial charge in [0, 0.05) is 25.9 Å². The molecule has 1 heterocycles. The fourth-order valence-electron chi connectivity index (χ4n) is 6.67. The quantitative estimate of drug-likeness (QED) is 0.0385. The number of aliphatic hydroxyl groups excluding tert-OH is 1. The molecule has 0 spiro atoms. The number of aliphatic hydroxyl groups is 1. The number of carbonyl (C=O) groups excluding carboxylic acids is 3. The number of hydrogen-bond acceptors (Lipinski definition) is 7. The molecule has 316 valence electrons. The molecule has 55 heavy (non-hydrogen) atoms. The van der Waals surface area contributed by atoms with Gasteiger partial charge >= 0.3 is 11.9 Å². The van der Waals surface area contributed by atoms with Gasteiger partial charge in [-0.15, -0.1) is 0 Å². The normalized spacial score (nSPS) is 16.4. The number of ether oxygens (including phenoxy) is 2. The molecular weight excluding hydrogens is 689 g/mol. The third-order valence-corrected chi connectivity index (χ3v) is 10.3. The van der Waals surface area contributed by atoms with Gasteiger partial charge in [0.25, 0.3) is 0 Å². The molecule has 0 radical (unpaired) electrons. The van der Waals surface area contributed by atoms with Crippen LogP contribution in [0.5, 0.6) is 0 Å². The van der Waals surface area contributed by atoms with Crippen LogP contribution in [0.2, 0.25) is 0 Å². The summed E-state index contributed by atoms with van der Waals surface area (Å²) >= 11 is 0. The van der Waals surface area contributed by atoms with Crippen LogP contribution in [0.3, 0.4) is 0 Å². The number of nitrogens with zero attached hydrogens (tertiary/aromatic N) is 2. The number of hydrogen-bond donors (Lipinski definition) is 1. The Bertz CT molecular complexity index is 996. The largest absolute Gasteiger partial charge is 0.464 e. The topological polar surface area (TPSA) is 96.4 Å². The number of esters is 2. The fraction of sp³-hybridized carbons (Fsp3) is 0.766. The minimum atomic E-state index is -0.438. The van der Waals surface area contributed by atoms with E-state index in [9.17, 15) is 19.5 Å². The van der Waals surface area contributed by atoms with E-state index < -0.39 is 6.10 Å². The average Bonchev–Trinajstić information content (AvgIpc) is 3.49. The van der Waals surface area contributed by atoms with E-state index in [2.05, 4.69) is 62.5 Å². The number of carbonyl (C=O) groups is 3. The van der Waals surface area contributed by atoms with Gasteiger partial charge in [0.15, 0.2) is 0 Å². The smallest absolute Gasteiger partial charge is 0.305 e. The second kappa shape index (κ2) is 36.9. The lowest BCUT2D eigenvalue weighted by Gasteiger charge is -2.25. The summed E-state index contributed by atoms with van der Waals surface area (Å²) < 4.78 is 11.0. The van der Waals surface area contributed by atoms with Crippen molar-refractivity contribution in [3.8, 4) is 0 Å². The number of allylic oxidation sites excluding steroid dienone is 8. The summed E-state index contributed by atoms with van der Waals surface area (Å²) in [5.74, 6) is -0.473. The first-order valence-electron chi connectivity index (χ1n) is 22.5. The summed E-state index contributed by atoms with van der Waals surface area (Å²) in [5, 5.41) is 10.1. The Hall–Kier alpha value is -2.71. The maximum absolute atomic E-state index is 13.2. The standard InChI is InChI=1S/C47H82N2O6/c1-4-6-8-10-12-14-16-18-20-22-24-26-28-30-32-34-46(52)54-38-36-49(45(51)42-48-40-43(3)44(50)41-48)37-39-55-47(53)35-33-31-29-27-25-23-21-19-17-15-13-11-9-7-5-2/h12-15,18-21,43-44,50H,4-11,16-17,22-42H2,1-3H3/b14-12-,15-13-,20-18-,21-19-/t43-,44-/m1/s1. The van der Waals surface area contributed by atoms with Crippen molar-refractivity contribution in [2.24, 2.45) is 5.92 Å². The lowest BCUT2D eigenvalue weighted by atomic mass is 10.1. The molecule has 1 rings (SSSR count). The monoisotopic (exact) mass is 771 g/mol. The predicted octanol–water partition coefficient (Wildman–Crippen LogP) is 10.8. The number of rotatable bonds is 36. The Labute approximate surface area is 337 Å². The highest BCUT2D eigenvalue weighted by atomic mass is 16.5. The Morgan fingerprint density at radius 3 is 1.38 bits per heavy atom. The van der Waals surface area contributed by atoms with Gasteiger partial charge in [0.2, 0.25) is 5.91 Å². The van der Waals surface area contributed by atoms with Gasteiger partial charge in [0.05, 0.1) is 25.7 Å². The average molecular weight is 771 g/mol. The van der Waals surface area contributed by atoms with E-state index in [1.807, 2.05) is 11.8 Å². The van der Waals surface area contributed by atoms with Gasteiger partial charge in [-0.25, -0.2) is 0 Å². The molecule has 1 saturated heterocycles. The Kier molecular flexibility index (Phi) is 33.8. The van der Waals surface area contributed by atoms with Crippen LogP contribution in [0.15, 0.2) is 48.6 Å². The lowest BCUT2D eigenvalue weighted by molar-refractivity contribution is -0.148. The highest BCUT2D eigenvalue weighted by molar-refractivity contribution is 5.78. The van der Waals surface area contributed by atoms with Gasteiger partial charge < -0.3 is 19.5 Å².